The number of ether oxygens (including phenoxy) is 1. The zero-order valence-corrected chi connectivity index (χ0v) is 13.7. The third-order valence-corrected chi connectivity index (χ3v) is 4.92. The van der Waals surface area contributed by atoms with Crippen LogP contribution in [-0.4, -0.2) is 31.6 Å². The van der Waals surface area contributed by atoms with Crippen molar-refractivity contribution in [3.8, 4) is 0 Å². The highest BCUT2D eigenvalue weighted by Gasteiger charge is 2.26. The molecular weight excluding hydrogens is 260 g/mol. The van der Waals surface area contributed by atoms with Crippen molar-refractivity contribution < 1.29 is 4.74 Å². The smallest absolute Gasteiger partial charge is 0.0713 e. The summed E-state index contributed by atoms with van der Waals surface area (Å²) >= 11 is 0. The van der Waals surface area contributed by atoms with Gasteiger partial charge in [0.1, 0.15) is 0 Å². The minimum absolute atomic E-state index is 0.306. The quantitative estimate of drug-likeness (QED) is 0.873. The zero-order chi connectivity index (χ0) is 15.2. The van der Waals surface area contributed by atoms with Crippen molar-refractivity contribution in [2.45, 2.75) is 51.3 Å². The van der Waals surface area contributed by atoms with Crippen molar-refractivity contribution in [3.63, 3.8) is 0 Å². The maximum Gasteiger partial charge on any atom is 0.0713 e. The van der Waals surface area contributed by atoms with E-state index in [-0.39, 0.29) is 0 Å². The summed E-state index contributed by atoms with van der Waals surface area (Å²) in [6, 6.07) is 9.63. The van der Waals surface area contributed by atoms with Crippen LogP contribution in [-0.2, 0) is 11.3 Å². The highest BCUT2D eigenvalue weighted by atomic mass is 16.5. The summed E-state index contributed by atoms with van der Waals surface area (Å²) in [4.78, 5) is 2.50. The molecule has 118 valence electrons. The van der Waals surface area contributed by atoms with E-state index in [9.17, 15) is 0 Å². The van der Waals surface area contributed by atoms with Crippen molar-refractivity contribution >= 4 is 0 Å². The van der Waals surface area contributed by atoms with Crippen LogP contribution in [0.15, 0.2) is 24.3 Å². The maximum atomic E-state index is 6.09. The molecule has 1 aromatic carbocycles. The molecule has 3 heteroatoms. The van der Waals surface area contributed by atoms with Crippen LogP contribution in [0.25, 0.3) is 0 Å². The molecule has 0 aromatic heterocycles. The molecule has 1 fully saturated rings. The van der Waals surface area contributed by atoms with Gasteiger partial charge in [-0.25, -0.2) is 0 Å². The number of nitrogens with two attached hydrogens (primary N) is 1. The van der Waals surface area contributed by atoms with E-state index in [0.717, 1.165) is 5.92 Å². The third-order valence-electron chi connectivity index (χ3n) is 4.92. The van der Waals surface area contributed by atoms with Crippen LogP contribution in [0.2, 0.25) is 0 Å². The van der Waals surface area contributed by atoms with Crippen molar-refractivity contribution in [1.82, 2.24) is 4.90 Å². The molecule has 0 aliphatic heterocycles. The Bertz CT molecular complexity index is 427. The summed E-state index contributed by atoms with van der Waals surface area (Å²) in [6.07, 6.45) is 5.28. The van der Waals surface area contributed by atoms with Gasteiger partial charge in [-0.3, -0.25) is 4.90 Å². The molecule has 2 rings (SSSR count). The molecule has 0 radical (unpaired) electrons. The van der Waals surface area contributed by atoms with Gasteiger partial charge in [-0.1, -0.05) is 31.2 Å². The van der Waals surface area contributed by atoms with Crippen LogP contribution in [0.3, 0.4) is 0 Å². The lowest BCUT2D eigenvalue weighted by atomic mass is 9.86. The summed E-state index contributed by atoms with van der Waals surface area (Å²) in [6.45, 7) is 3.69. The molecule has 0 bridgehead atoms. The number of nitrogens with zero attached hydrogens (tertiary/aromatic N) is 1. The Morgan fingerprint density at radius 1 is 1.29 bits per heavy atom. The monoisotopic (exact) mass is 290 g/mol. The van der Waals surface area contributed by atoms with E-state index in [1.54, 1.807) is 7.11 Å². The standard InChI is InChI=1S/C18H30N2O/c1-14-7-9-17(10-8-14)20(2)18(12-19)16-6-4-5-15(11-16)13-21-3/h4-6,11,14,17-18H,7-10,12-13,19H2,1-3H3. The Kier molecular flexibility index (Phi) is 6.22. The molecule has 2 N–H and O–H groups in total. The van der Waals surface area contributed by atoms with Gasteiger partial charge >= 0.3 is 0 Å². The lowest BCUT2D eigenvalue weighted by molar-refractivity contribution is 0.126. The fourth-order valence-electron chi connectivity index (χ4n) is 3.50. The van der Waals surface area contributed by atoms with E-state index in [1.165, 1.54) is 36.8 Å². The molecular formula is C18H30N2O. The largest absolute Gasteiger partial charge is 0.380 e. The van der Waals surface area contributed by atoms with Crippen LogP contribution in [0.5, 0.6) is 0 Å². The molecule has 0 spiro atoms. The van der Waals surface area contributed by atoms with E-state index in [0.29, 0.717) is 25.2 Å². The summed E-state index contributed by atoms with van der Waals surface area (Å²) in [5.74, 6) is 0.885. The Hall–Kier alpha value is -0.900. The summed E-state index contributed by atoms with van der Waals surface area (Å²) in [5.41, 5.74) is 8.63. The summed E-state index contributed by atoms with van der Waals surface area (Å²) in [5, 5.41) is 0. The van der Waals surface area contributed by atoms with Crippen LogP contribution in [0.1, 0.15) is 49.8 Å². The fraction of sp³-hybridized carbons (Fsp3) is 0.667. The van der Waals surface area contributed by atoms with E-state index in [2.05, 4.69) is 43.1 Å². The average molecular weight is 290 g/mol. The number of rotatable bonds is 6. The first kappa shape index (κ1) is 16.5. The van der Waals surface area contributed by atoms with Gasteiger partial charge < -0.3 is 10.5 Å². The second kappa shape index (κ2) is 7.92. The Morgan fingerprint density at radius 3 is 2.62 bits per heavy atom. The van der Waals surface area contributed by atoms with Gasteiger partial charge in [0.15, 0.2) is 0 Å². The highest BCUT2D eigenvalue weighted by molar-refractivity contribution is 5.26. The minimum atomic E-state index is 0.306. The van der Waals surface area contributed by atoms with Gasteiger partial charge in [-0.2, -0.15) is 0 Å². The van der Waals surface area contributed by atoms with Crippen molar-refractivity contribution in [2.75, 3.05) is 20.7 Å². The van der Waals surface area contributed by atoms with E-state index >= 15 is 0 Å². The highest BCUT2D eigenvalue weighted by Crippen LogP contribution is 2.31. The zero-order valence-electron chi connectivity index (χ0n) is 13.7. The molecule has 21 heavy (non-hydrogen) atoms. The molecule has 0 heterocycles. The predicted octanol–water partition coefficient (Wildman–Crippen LogP) is 3.34. The van der Waals surface area contributed by atoms with Crippen LogP contribution in [0, 0.1) is 5.92 Å². The van der Waals surface area contributed by atoms with Gasteiger partial charge in [-0.05, 0) is 49.8 Å². The molecule has 0 amide bonds. The second-order valence-electron chi connectivity index (χ2n) is 6.51. The molecule has 0 saturated heterocycles. The first-order chi connectivity index (χ1) is 10.2. The Labute approximate surface area is 129 Å². The molecule has 1 aromatic rings. The molecule has 3 nitrogen and oxygen atoms in total. The lowest BCUT2D eigenvalue weighted by Crippen LogP contribution is -2.40. The van der Waals surface area contributed by atoms with E-state index < -0.39 is 0 Å². The van der Waals surface area contributed by atoms with E-state index in [1.807, 2.05) is 0 Å². The number of hydrogen-bond donors (Lipinski definition) is 1. The SMILES string of the molecule is COCc1cccc(C(CN)N(C)C2CCC(C)CC2)c1. The Balaban J connectivity index is 2.09. The van der Waals surface area contributed by atoms with Crippen molar-refractivity contribution in [2.24, 2.45) is 11.7 Å². The number of methoxy groups -OCH3 is 1. The van der Waals surface area contributed by atoms with Gasteiger partial charge in [-0.15, -0.1) is 0 Å². The molecule has 1 aliphatic rings. The van der Waals surface area contributed by atoms with E-state index in [4.69, 9.17) is 10.5 Å². The maximum absolute atomic E-state index is 6.09. The third kappa shape index (κ3) is 4.29. The molecule has 1 saturated carbocycles. The first-order valence-electron chi connectivity index (χ1n) is 8.15. The molecule has 1 atom stereocenters. The average Bonchev–Trinajstić information content (AvgIpc) is 2.49. The predicted molar refractivity (Wildman–Crippen MR) is 88.1 cm³/mol. The minimum Gasteiger partial charge on any atom is -0.380 e. The van der Waals surface area contributed by atoms with Gasteiger partial charge in [0, 0.05) is 25.7 Å². The van der Waals surface area contributed by atoms with Gasteiger partial charge in [0.2, 0.25) is 0 Å². The molecule has 1 aliphatic carbocycles. The molecule has 1 unspecified atom stereocenters. The normalized spacial score (nSPS) is 24.2. The van der Waals surface area contributed by atoms with Crippen LogP contribution in [0.4, 0.5) is 0 Å². The van der Waals surface area contributed by atoms with Gasteiger partial charge in [0.05, 0.1) is 6.61 Å². The first-order valence-corrected chi connectivity index (χ1v) is 8.15. The second-order valence-corrected chi connectivity index (χ2v) is 6.51. The Morgan fingerprint density at radius 2 is 2.00 bits per heavy atom. The summed E-state index contributed by atoms with van der Waals surface area (Å²) in [7, 11) is 3.98. The van der Waals surface area contributed by atoms with Crippen molar-refractivity contribution in [1.29, 1.82) is 0 Å². The number of hydrogen-bond acceptors (Lipinski definition) is 3. The van der Waals surface area contributed by atoms with Crippen LogP contribution >= 0.6 is 0 Å². The topological polar surface area (TPSA) is 38.5 Å². The van der Waals surface area contributed by atoms with Crippen molar-refractivity contribution in [3.05, 3.63) is 35.4 Å². The fourth-order valence-corrected chi connectivity index (χ4v) is 3.50. The van der Waals surface area contributed by atoms with Crippen LogP contribution < -0.4 is 5.73 Å². The summed E-state index contributed by atoms with van der Waals surface area (Å²) < 4.78 is 5.24. The number of likely N-dealkylation sites (N-methyl/N-ethyl adjacent to an activating group) is 1. The lowest BCUT2D eigenvalue weighted by Gasteiger charge is -2.38. The van der Waals surface area contributed by atoms with Gasteiger partial charge in [0.25, 0.3) is 0 Å². The number of benzene rings is 1.